The molecule has 1 aromatic rings. The topological polar surface area (TPSA) is 75.3 Å². The van der Waals surface area contributed by atoms with Crippen molar-refractivity contribution >= 4 is 15.9 Å². The standard InChI is InChI=1S/C15H22N2O3S/c1-21(19,20)11-10-16-15(18)17-14(13-8-5-9-13)12-6-3-2-4-7-12/h2-4,6-7,13-14H,5,8-11H2,1H3,(H2,16,17,18)/t14-/m1/s1. The minimum atomic E-state index is -3.05. The molecule has 5 nitrogen and oxygen atoms in total. The zero-order valence-corrected chi connectivity index (χ0v) is 13.0. The van der Waals surface area contributed by atoms with E-state index < -0.39 is 9.84 Å². The Morgan fingerprint density at radius 3 is 2.48 bits per heavy atom. The number of nitrogens with one attached hydrogen (secondary N) is 2. The number of amides is 2. The van der Waals surface area contributed by atoms with Crippen molar-refractivity contribution < 1.29 is 13.2 Å². The van der Waals surface area contributed by atoms with Crippen LogP contribution >= 0.6 is 0 Å². The van der Waals surface area contributed by atoms with Crippen molar-refractivity contribution in [3.63, 3.8) is 0 Å². The molecule has 1 saturated carbocycles. The fourth-order valence-corrected chi connectivity index (χ4v) is 2.92. The number of sulfone groups is 1. The monoisotopic (exact) mass is 310 g/mol. The molecule has 0 heterocycles. The summed E-state index contributed by atoms with van der Waals surface area (Å²) in [6.07, 6.45) is 4.59. The van der Waals surface area contributed by atoms with Gasteiger partial charge >= 0.3 is 6.03 Å². The minimum absolute atomic E-state index is 0.00168. The van der Waals surface area contributed by atoms with Crippen LogP contribution in [0.5, 0.6) is 0 Å². The van der Waals surface area contributed by atoms with Crippen molar-refractivity contribution in [1.29, 1.82) is 0 Å². The number of rotatable bonds is 6. The molecule has 1 fully saturated rings. The second-order valence-electron chi connectivity index (χ2n) is 5.61. The number of urea groups is 1. The summed E-state index contributed by atoms with van der Waals surface area (Å²) in [5.74, 6) is 0.424. The van der Waals surface area contributed by atoms with Gasteiger partial charge in [0.05, 0.1) is 11.8 Å². The molecule has 1 aliphatic carbocycles. The fraction of sp³-hybridized carbons (Fsp3) is 0.533. The van der Waals surface area contributed by atoms with Crippen molar-refractivity contribution in [3.05, 3.63) is 35.9 Å². The molecule has 1 aliphatic rings. The third-order valence-corrected chi connectivity index (χ3v) is 4.77. The lowest BCUT2D eigenvalue weighted by atomic mass is 9.77. The molecule has 0 saturated heterocycles. The van der Waals surface area contributed by atoms with E-state index in [2.05, 4.69) is 10.6 Å². The summed E-state index contributed by atoms with van der Waals surface area (Å²) in [6.45, 7) is 0.136. The number of benzene rings is 1. The van der Waals surface area contributed by atoms with Crippen molar-refractivity contribution in [2.75, 3.05) is 18.6 Å². The summed E-state index contributed by atoms with van der Waals surface area (Å²) in [5, 5.41) is 5.59. The number of carbonyl (C=O) groups is 1. The molecule has 2 amide bonds. The number of hydrogen-bond acceptors (Lipinski definition) is 3. The molecule has 0 bridgehead atoms. The Morgan fingerprint density at radius 2 is 1.95 bits per heavy atom. The van der Waals surface area contributed by atoms with E-state index in [4.69, 9.17) is 0 Å². The number of hydrogen-bond donors (Lipinski definition) is 2. The fourth-order valence-electron chi connectivity index (χ4n) is 2.45. The molecular weight excluding hydrogens is 288 g/mol. The molecule has 1 aromatic carbocycles. The zero-order chi connectivity index (χ0) is 15.3. The molecule has 116 valence electrons. The van der Waals surface area contributed by atoms with Gasteiger partial charge in [-0.05, 0) is 24.3 Å². The first-order valence-electron chi connectivity index (χ1n) is 7.23. The van der Waals surface area contributed by atoms with Crippen LogP contribution in [0.3, 0.4) is 0 Å². The SMILES string of the molecule is CS(=O)(=O)CCNC(=O)N[C@H](c1ccccc1)C1CCC1. The van der Waals surface area contributed by atoms with E-state index in [1.807, 2.05) is 30.3 Å². The predicted octanol–water partition coefficient (Wildman–Crippen LogP) is 1.87. The minimum Gasteiger partial charge on any atom is -0.337 e. The first-order valence-corrected chi connectivity index (χ1v) is 9.29. The Bertz CT molecular complexity index is 568. The van der Waals surface area contributed by atoms with Crippen molar-refractivity contribution in [2.45, 2.75) is 25.3 Å². The highest BCUT2D eigenvalue weighted by Crippen LogP contribution is 2.37. The third-order valence-electron chi connectivity index (χ3n) is 3.82. The molecule has 1 atom stereocenters. The summed E-state index contributed by atoms with van der Waals surface area (Å²) in [6, 6.07) is 9.60. The van der Waals surface area contributed by atoms with Gasteiger partial charge in [0.1, 0.15) is 9.84 Å². The second-order valence-corrected chi connectivity index (χ2v) is 7.87. The highest BCUT2D eigenvalue weighted by atomic mass is 32.2. The van der Waals surface area contributed by atoms with Gasteiger partial charge in [0.2, 0.25) is 0 Å². The van der Waals surface area contributed by atoms with Crippen LogP contribution in [0.2, 0.25) is 0 Å². The lowest BCUT2D eigenvalue weighted by Crippen LogP contribution is -2.43. The molecule has 2 rings (SSSR count). The lowest BCUT2D eigenvalue weighted by molar-refractivity contribution is 0.208. The summed E-state index contributed by atoms with van der Waals surface area (Å²) in [7, 11) is -3.05. The normalized spacial score (nSPS) is 16.8. The van der Waals surface area contributed by atoms with Crippen molar-refractivity contribution in [3.8, 4) is 0 Å². The molecule has 0 aromatic heterocycles. The van der Waals surface area contributed by atoms with E-state index in [0.717, 1.165) is 24.7 Å². The Labute approximate surface area is 126 Å². The van der Waals surface area contributed by atoms with Gasteiger partial charge in [0, 0.05) is 12.8 Å². The highest BCUT2D eigenvalue weighted by Gasteiger charge is 2.29. The van der Waals surface area contributed by atoms with E-state index in [-0.39, 0.29) is 24.4 Å². The van der Waals surface area contributed by atoms with Crippen LogP contribution in [-0.2, 0) is 9.84 Å². The highest BCUT2D eigenvalue weighted by molar-refractivity contribution is 7.90. The van der Waals surface area contributed by atoms with Gasteiger partial charge in [0.15, 0.2) is 0 Å². The quantitative estimate of drug-likeness (QED) is 0.842. The Hall–Kier alpha value is -1.56. The molecule has 21 heavy (non-hydrogen) atoms. The van der Waals surface area contributed by atoms with Gasteiger partial charge in [-0.15, -0.1) is 0 Å². The lowest BCUT2D eigenvalue weighted by Gasteiger charge is -2.34. The largest absolute Gasteiger partial charge is 0.337 e. The number of carbonyl (C=O) groups excluding carboxylic acids is 1. The predicted molar refractivity (Wildman–Crippen MR) is 82.8 cm³/mol. The average Bonchev–Trinajstić information content (AvgIpc) is 2.35. The first kappa shape index (κ1) is 15.8. The first-order chi connectivity index (χ1) is 9.96. The summed E-state index contributed by atoms with van der Waals surface area (Å²) in [4.78, 5) is 11.9. The van der Waals surface area contributed by atoms with Crippen molar-refractivity contribution in [2.24, 2.45) is 5.92 Å². The van der Waals surface area contributed by atoms with Crippen molar-refractivity contribution in [1.82, 2.24) is 10.6 Å². The van der Waals surface area contributed by atoms with E-state index in [9.17, 15) is 13.2 Å². The third kappa shape index (κ3) is 5.04. The van der Waals surface area contributed by atoms with Gasteiger partial charge in [0.25, 0.3) is 0 Å². The molecule has 0 aliphatic heterocycles. The summed E-state index contributed by atoms with van der Waals surface area (Å²) >= 11 is 0. The second kappa shape index (κ2) is 6.93. The summed E-state index contributed by atoms with van der Waals surface area (Å²) in [5.41, 5.74) is 1.10. The van der Waals surface area contributed by atoms with Gasteiger partial charge in [-0.3, -0.25) is 0 Å². The van der Waals surface area contributed by atoms with Gasteiger partial charge in [-0.25, -0.2) is 13.2 Å². The van der Waals surface area contributed by atoms with Crippen LogP contribution < -0.4 is 10.6 Å². The van der Waals surface area contributed by atoms with E-state index in [1.54, 1.807) is 0 Å². The van der Waals surface area contributed by atoms with E-state index in [1.165, 1.54) is 6.42 Å². The maximum absolute atomic E-state index is 11.9. The molecule has 0 spiro atoms. The molecule has 2 N–H and O–H groups in total. The van der Waals surface area contributed by atoms with Crippen LogP contribution in [0.25, 0.3) is 0 Å². The smallest absolute Gasteiger partial charge is 0.315 e. The maximum Gasteiger partial charge on any atom is 0.315 e. The van der Waals surface area contributed by atoms with Gasteiger partial charge in [-0.2, -0.15) is 0 Å². The molecule has 0 unspecified atom stereocenters. The zero-order valence-electron chi connectivity index (χ0n) is 12.2. The summed E-state index contributed by atoms with van der Waals surface area (Å²) < 4.78 is 22.1. The van der Waals surface area contributed by atoms with Gasteiger partial charge < -0.3 is 10.6 Å². The Morgan fingerprint density at radius 1 is 1.29 bits per heavy atom. The Kier molecular flexibility index (Phi) is 5.22. The Balaban J connectivity index is 1.91. The van der Waals surface area contributed by atoms with Gasteiger partial charge in [-0.1, -0.05) is 36.8 Å². The molecular formula is C15H22N2O3S. The van der Waals surface area contributed by atoms with Crippen LogP contribution in [-0.4, -0.2) is 33.0 Å². The van der Waals surface area contributed by atoms with Crippen LogP contribution in [0.4, 0.5) is 4.79 Å². The molecule has 6 heteroatoms. The average molecular weight is 310 g/mol. The van der Waals surface area contributed by atoms with E-state index >= 15 is 0 Å². The molecule has 0 radical (unpaired) electrons. The maximum atomic E-state index is 11.9. The van der Waals surface area contributed by atoms with Crippen LogP contribution in [0.15, 0.2) is 30.3 Å². The van der Waals surface area contributed by atoms with Crippen LogP contribution in [0, 0.1) is 5.92 Å². The van der Waals surface area contributed by atoms with Crippen LogP contribution in [0.1, 0.15) is 30.9 Å². The van der Waals surface area contributed by atoms with E-state index in [0.29, 0.717) is 5.92 Å².